The minimum atomic E-state index is 0.0115. The van der Waals surface area contributed by atoms with E-state index in [-0.39, 0.29) is 12.5 Å². The number of benzene rings is 1. The molecular weight excluding hydrogens is 408 g/mol. The molecule has 0 N–H and O–H groups in total. The Morgan fingerprint density at radius 1 is 1.17 bits per heavy atom. The Balaban J connectivity index is 1.26. The molecule has 1 aliphatic heterocycles. The first kappa shape index (κ1) is 20.4. The molecule has 2 aromatic rings. The Morgan fingerprint density at radius 2 is 1.93 bits per heavy atom. The monoisotopic (exact) mass is 434 g/mol. The Hall–Kier alpha value is -1.86. The number of ether oxygens (including phenoxy) is 1. The summed E-state index contributed by atoms with van der Waals surface area (Å²) in [4.78, 5) is 16.6. The van der Waals surface area contributed by atoms with Crippen LogP contribution >= 0.6 is 22.9 Å². The number of hydrogen-bond acceptors (Lipinski definition) is 6. The van der Waals surface area contributed by atoms with Gasteiger partial charge in [-0.2, -0.15) is 0 Å². The quantitative estimate of drug-likeness (QED) is 0.703. The smallest absolute Gasteiger partial charge is 0.260 e. The van der Waals surface area contributed by atoms with E-state index in [1.165, 1.54) is 37.1 Å². The van der Waals surface area contributed by atoms with E-state index in [2.05, 4.69) is 15.1 Å². The SMILES string of the molecule is Cc1cc(OCC(=O)N2CCN(c3nnc(C4CCCCC4)s3)CC2)ccc1Cl. The number of piperazine rings is 1. The minimum Gasteiger partial charge on any atom is -0.484 e. The number of carbonyl (C=O) groups excluding carboxylic acids is 1. The maximum atomic E-state index is 12.5. The first-order valence-electron chi connectivity index (χ1n) is 10.4. The molecular formula is C21H27ClN4O2S. The van der Waals surface area contributed by atoms with Gasteiger partial charge >= 0.3 is 0 Å². The van der Waals surface area contributed by atoms with Crippen molar-refractivity contribution in [1.29, 1.82) is 0 Å². The van der Waals surface area contributed by atoms with Crippen molar-refractivity contribution >= 4 is 34.0 Å². The number of amides is 1. The van der Waals surface area contributed by atoms with E-state index in [1.807, 2.05) is 17.9 Å². The van der Waals surface area contributed by atoms with Crippen molar-refractivity contribution in [3.8, 4) is 5.75 Å². The minimum absolute atomic E-state index is 0.0115. The molecule has 156 valence electrons. The predicted octanol–water partition coefficient (Wildman–Crippen LogP) is 4.28. The first-order valence-corrected chi connectivity index (χ1v) is 11.5. The molecule has 0 unspecified atom stereocenters. The maximum absolute atomic E-state index is 12.5. The van der Waals surface area contributed by atoms with E-state index < -0.39 is 0 Å². The van der Waals surface area contributed by atoms with Crippen molar-refractivity contribution in [2.24, 2.45) is 0 Å². The fourth-order valence-electron chi connectivity index (χ4n) is 3.96. The molecule has 0 atom stereocenters. The molecule has 1 aromatic heterocycles. The zero-order chi connectivity index (χ0) is 20.2. The molecule has 2 heterocycles. The zero-order valence-corrected chi connectivity index (χ0v) is 18.3. The Bertz CT molecular complexity index is 845. The van der Waals surface area contributed by atoms with Gasteiger partial charge in [-0.15, -0.1) is 10.2 Å². The summed E-state index contributed by atoms with van der Waals surface area (Å²) in [5.41, 5.74) is 0.940. The highest BCUT2D eigenvalue weighted by molar-refractivity contribution is 7.15. The number of halogens is 1. The van der Waals surface area contributed by atoms with Gasteiger partial charge in [0.05, 0.1) is 0 Å². The van der Waals surface area contributed by atoms with Crippen molar-refractivity contribution < 1.29 is 9.53 Å². The van der Waals surface area contributed by atoms with E-state index in [4.69, 9.17) is 16.3 Å². The zero-order valence-electron chi connectivity index (χ0n) is 16.8. The van der Waals surface area contributed by atoms with Crippen LogP contribution in [0.5, 0.6) is 5.75 Å². The second-order valence-corrected chi connectivity index (χ2v) is 9.22. The van der Waals surface area contributed by atoms with Gasteiger partial charge in [-0.3, -0.25) is 4.79 Å². The summed E-state index contributed by atoms with van der Waals surface area (Å²) < 4.78 is 5.66. The molecule has 0 spiro atoms. The van der Waals surface area contributed by atoms with E-state index >= 15 is 0 Å². The summed E-state index contributed by atoms with van der Waals surface area (Å²) in [6.45, 7) is 4.89. The van der Waals surface area contributed by atoms with Gasteiger partial charge in [0.25, 0.3) is 5.91 Å². The number of carbonyl (C=O) groups is 1. The summed E-state index contributed by atoms with van der Waals surface area (Å²) in [6, 6.07) is 5.44. The normalized spacial score (nSPS) is 18.1. The molecule has 1 saturated heterocycles. The molecule has 4 rings (SSSR count). The number of rotatable bonds is 5. The van der Waals surface area contributed by atoms with Gasteiger partial charge in [0.2, 0.25) is 5.13 Å². The first-order chi connectivity index (χ1) is 14.1. The summed E-state index contributed by atoms with van der Waals surface area (Å²) in [5.74, 6) is 1.27. The van der Waals surface area contributed by atoms with Gasteiger partial charge in [-0.25, -0.2) is 0 Å². The average Bonchev–Trinajstić information content (AvgIpc) is 3.25. The van der Waals surface area contributed by atoms with Crippen molar-refractivity contribution in [3.63, 3.8) is 0 Å². The lowest BCUT2D eigenvalue weighted by Gasteiger charge is -2.34. The average molecular weight is 435 g/mol. The van der Waals surface area contributed by atoms with Crippen LogP contribution in [0, 0.1) is 6.92 Å². The van der Waals surface area contributed by atoms with Crippen LogP contribution in [-0.2, 0) is 4.79 Å². The summed E-state index contributed by atoms with van der Waals surface area (Å²) >= 11 is 7.76. The highest BCUT2D eigenvalue weighted by Crippen LogP contribution is 2.36. The largest absolute Gasteiger partial charge is 0.484 e. The number of aromatic nitrogens is 2. The van der Waals surface area contributed by atoms with E-state index in [0.717, 1.165) is 23.8 Å². The molecule has 29 heavy (non-hydrogen) atoms. The Morgan fingerprint density at radius 3 is 2.66 bits per heavy atom. The van der Waals surface area contributed by atoms with Gasteiger partial charge in [-0.1, -0.05) is 42.2 Å². The Kier molecular flexibility index (Phi) is 6.55. The van der Waals surface area contributed by atoms with E-state index in [0.29, 0.717) is 29.8 Å². The molecule has 2 fully saturated rings. The molecule has 1 aliphatic carbocycles. The number of hydrogen-bond donors (Lipinski definition) is 0. The molecule has 1 amide bonds. The van der Waals surface area contributed by atoms with Crippen LogP contribution in [-0.4, -0.2) is 53.8 Å². The fraction of sp³-hybridized carbons (Fsp3) is 0.571. The summed E-state index contributed by atoms with van der Waals surface area (Å²) in [7, 11) is 0. The van der Waals surface area contributed by atoms with Crippen LogP contribution in [0.4, 0.5) is 5.13 Å². The third kappa shape index (κ3) is 5.01. The Labute approximate surface area is 180 Å². The third-order valence-electron chi connectivity index (χ3n) is 5.78. The van der Waals surface area contributed by atoms with Crippen LogP contribution in [0.25, 0.3) is 0 Å². The lowest BCUT2D eigenvalue weighted by molar-refractivity contribution is -0.133. The molecule has 0 bridgehead atoms. The summed E-state index contributed by atoms with van der Waals surface area (Å²) in [5, 5.41) is 11.8. The standard InChI is InChI=1S/C21H27ClN4O2S/c1-15-13-17(7-8-18(15)22)28-14-19(27)25-9-11-26(12-10-25)21-24-23-20(29-21)16-5-3-2-4-6-16/h7-8,13,16H,2-6,9-12,14H2,1H3. The van der Waals surface area contributed by atoms with Gasteiger partial charge in [0.1, 0.15) is 10.8 Å². The number of nitrogens with zero attached hydrogens (tertiary/aromatic N) is 4. The molecule has 8 heteroatoms. The van der Waals surface area contributed by atoms with E-state index in [1.54, 1.807) is 23.5 Å². The van der Waals surface area contributed by atoms with Crippen molar-refractivity contribution in [2.45, 2.75) is 44.9 Å². The second kappa shape index (κ2) is 9.30. The van der Waals surface area contributed by atoms with Gasteiger partial charge in [0.15, 0.2) is 6.61 Å². The summed E-state index contributed by atoms with van der Waals surface area (Å²) in [6.07, 6.45) is 6.43. The maximum Gasteiger partial charge on any atom is 0.260 e. The molecule has 0 radical (unpaired) electrons. The van der Waals surface area contributed by atoms with Crippen LogP contribution < -0.4 is 9.64 Å². The van der Waals surface area contributed by atoms with Crippen LogP contribution in [0.15, 0.2) is 18.2 Å². The van der Waals surface area contributed by atoms with E-state index in [9.17, 15) is 4.79 Å². The number of aryl methyl sites for hydroxylation is 1. The van der Waals surface area contributed by atoms with Gasteiger partial charge in [-0.05, 0) is 43.5 Å². The highest BCUT2D eigenvalue weighted by Gasteiger charge is 2.25. The van der Waals surface area contributed by atoms with Gasteiger partial charge < -0.3 is 14.5 Å². The van der Waals surface area contributed by atoms with Crippen LogP contribution in [0.1, 0.15) is 48.6 Å². The molecule has 2 aliphatic rings. The van der Waals surface area contributed by atoms with Crippen molar-refractivity contribution in [2.75, 3.05) is 37.7 Å². The lowest BCUT2D eigenvalue weighted by Crippen LogP contribution is -2.50. The van der Waals surface area contributed by atoms with Crippen LogP contribution in [0.2, 0.25) is 5.02 Å². The highest BCUT2D eigenvalue weighted by atomic mass is 35.5. The lowest BCUT2D eigenvalue weighted by atomic mass is 9.90. The molecule has 1 aromatic carbocycles. The van der Waals surface area contributed by atoms with Gasteiger partial charge in [0, 0.05) is 37.1 Å². The predicted molar refractivity (Wildman–Crippen MR) is 116 cm³/mol. The second-order valence-electron chi connectivity index (χ2n) is 7.83. The van der Waals surface area contributed by atoms with Crippen molar-refractivity contribution in [3.05, 3.63) is 33.8 Å². The van der Waals surface area contributed by atoms with Crippen molar-refractivity contribution in [1.82, 2.24) is 15.1 Å². The topological polar surface area (TPSA) is 58.6 Å². The molecule has 6 nitrogen and oxygen atoms in total. The van der Waals surface area contributed by atoms with Crippen LogP contribution in [0.3, 0.4) is 0 Å². The third-order valence-corrected chi connectivity index (χ3v) is 7.35. The number of anilines is 1. The fourth-order valence-corrected chi connectivity index (χ4v) is 5.14. The molecule has 1 saturated carbocycles.